The lowest BCUT2D eigenvalue weighted by molar-refractivity contribution is -0.120. The first kappa shape index (κ1) is 18.9. The molecule has 0 spiro atoms. The molecule has 148 valence electrons. The van der Waals surface area contributed by atoms with Crippen LogP contribution in [0.3, 0.4) is 0 Å². The fourth-order valence-electron chi connectivity index (χ4n) is 3.76. The van der Waals surface area contributed by atoms with E-state index < -0.39 is 0 Å². The van der Waals surface area contributed by atoms with Gasteiger partial charge in [0.25, 0.3) is 0 Å². The summed E-state index contributed by atoms with van der Waals surface area (Å²) >= 11 is 1.59. The molecule has 0 unspecified atom stereocenters. The number of benzene rings is 1. The van der Waals surface area contributed by atoms with Crippen LogP contribution in [0.15, 0.2) is 24.3 Å². The van der Waals surface area contributed by atoms with Crippen molar-refractivity contribution in [2.24, 2.45) is 0 Å². The molecular weight excluding hydrogens is 370 g/mol. The van der Waals surface area contributed by atoms with Crippen LogP contribution in [0.5, 0.6) is 0 Å². The van der Waals surface area contributed by atoms with Gasteiger partial charge in [0, 0.05) is 13.1 Å². The van der Waals surface area contributed by atoms with E-state index in [2.05, 4.69) is 41.6 Å². The van der Waals surface area contributed by atoms with E-state index in [4.69, 9.17) is 4.98 Å². The number of nitrogens with zero attached hydrogens (tertiary/aromatic N) is 4. The number of carbonyl (C=O) groups is 1. The van der Waals surface area contributed by atoms with Crippen molar-refractivity contribution >= 4 is 32.7 Å². The summed E-state index contributed by atoms with van der Waals surface area (Å²) in [6, 6.07) is 8.60. The third kappa shape index (κ3) is 3.90. The van der Waals surface area contributed by atoms with Gasteiger partial charge in [-0.15, -0.1) is 0 Å². The van der Waals surface area contributed by atoms with E-state index in [1.807, 2.05) is 23.6 Å². The molecule has 1 amide bonds. The van der Waals surface area contributed by atoms with Gasteiger partial charge in [-0.25, -0.2) is 4.68 Å². The maximum absolute atomic E-state index is 12.4. The van der Waals surface area contributed by atoms with Crippen molar-refractivity contribution in [2.45, 2.75) is 52.0 Å². The molecule has 0 atom stereocenters. The van der Waals surface area contributed by atoms with Gasteiger partial charge in [0.1, 0.15) is 0 Å². The van der Waals surface area contributed by atoms with Crippen LogP contribution < -0.4 is 10.2 Å². The van der Waals surface area contributed by atoms with Gasteiger partial charge in [-0.2, -0.15) is 10.1 Å². The van der Waals surface area contributed by atoms with Crippen molar-refractivity contribution in [1.29, 1.82) is 0 Å². The van der Waals surface area contributed by atoms with Gasteiger partial charge in [0.05, 0.1) is 22.6 Å². The highest BCUT2D eigenvalue weighted by molar-refractivity contribution is 7.22. The second-order valence-corrected chi connectivity index (χ2v) is 8.72. The maximum atomic E-state index is 12.4. The van der Waals surface area contributed by atoms with Gasteiger partial charge in [-0.3, -0.25) is 4.79 Å². The van der Waals surface area contributed by atoms with Crippen molar-refractivity contribution in [3.8, 4) is 5.69 Å². The van der Waals surface area contributed by atoms with Gasteiger partial charge in [0.2, 0.25) is 5.91 Å². The van der Waals surface area contributed by atoms with E-state index in [0.29, 0.717) is 12.6 Å². The number of aryl methyl sites for hydroxylation is 2. The van der Waals surface area contributed by atoms with Gasteiger partial charge in [-0.05, 0) is 38.8 Å². The second-order valence-electron chi connectivity index (χ2n) is 7.74. The van der Waals surface area contributed by atoms with Crippen LogP contribution in [-0.2, 0) is 4.79 Å². The van der Waals surface area contributed by atoms with Crippen molar-refractivity contribution in [3.63, 3.8) is 0 Å². The van der Waals surface area contributed by atoms with E-state index in [1.165, 1.54) is 24.8 Å². The predicted molar refractivity (Wildman–Crippen MR) is 115 cm³/mol. The lowest BCUT2D eigenvalue weighted by Crippen LogP contribution is -2.41. The zero-order valence-electron chi connectivity index (χ0n) is 16.7. The van der Waals surface area contributed by atoms with Crippen molar-refractivity contribution in [3.05, 3.63) is 35.5 Å². The van der Waals surface area contributed by atoms with Crippen LogP contribution in [0.25, 0.3) is 16.0 Å². The van der Waals surface area contributed by atoms with Crippen LogP contribution in [0.4, 0.5) is 5.13 Å². The standard InChI is InChI=1S/C21H27N5OS/c1-14-9-11-17(12-10-14)26-20-19(15(2)24-26)28-21(23-20)25(3)13-18(27)22-16-7-5-4-6-8-16/h9-12,16H,4-8,13H2,1-3H3,(H,22,27). The van der Waals surface area contributed by atoms with Crippen molar-refractivity contribution in [2.75, 3.05) is 18.5 Å². The number of hydrogen-bond acceptors (Lipinski definition) is 5. The number of carbonyl (C=O) groups excluding carboxylic acids is 1. The highest BCUT2D eigenvalue weighted by Crippen LogP contribution is 2.32. The van der Waals surface area contributed by atoms with Crippen molar-refractivity contribution in [1.82, 2.24) is 20.1 Å². The minimum Gasteiger partial charge on any atom is -0.352 e. The molecule has 3 aromatic rings. The molecule has 1 aromatic carbocycles. The molecule has 6 nitrogen and oxygen atoms in total. The highest BCUT2D eigenvalue weighted by Gasteiger charge is 2.20. The first-order chi connectivity index (χ1) is 13.5. The second kappa shape index (κ2) is 7.91. The average molecular weight is 398 g/mol. The van der Waals surface area contributed by atoms with Crippen LogP contribution in [0.1, 0.15) is 43.4 Å². The number of thiazole rings is 1. The maximum Gasteiger partial charge on any atom is 0.239 e. The number of likely N-dealkylation sites (N-methyl/N-ethyl adjacent to an activating group) is 1. The van der Waals surface area contributed by atoms with Gasteiger partial charge in [0.15, 0.2) is 10.8 Å². The van der Waals surface area contributed by atoms with Gasteiger partial charge < -0.3 is 10.2 Å². The summed E-state index contributed by atoms with van der Waals surface area (Å²) in [6.45, 7) is 4.40. The topological polar surface area (TPSA) is 63.1 Å². The molecule has 28 heavy (non-hydrogen) atoms. The van der Waals surface area contributed by atoms with Gasteiger partial charge >= 0.3 is 0 Å². The first-order valence-electron chi connectivity index (χ1n) is 9.95. The molecule has 1 saturated carbocycles. The Morgan fingerprint density at radius 2 is 1.93 bits per heavy atom. The number of fused-ring (bicyclic) bond motifs is 1. The smallest absolute Gasteiger partial charge is 0.239 e. The Hall–Kier alpha value is -2.41. The Morgan fingerprint density at radius 1 is 1.21 bits per heavy atom. The lowest BCUT2D eigenvalue weighted by Gasteiger charge is -2.24. The summed E-state index contributed by atoms with van der Waals surface area (Å²) < 4.78 is 2.95. The third-order valence-electron chi connectivity index (χ3n) is 5.33. The SMILES string of the molecule is Cc1ccc(-n2nc(C)c3sc(N(C)CC(=O)NC4CCCCC4)nc32)cc1. The van der Waals surface area contributed by atoms with E-state index in [1.54, 1.807) is 11.3 Å². The molecular formula is C21H27N5OS. The average Bonchev–Trinajstić information content (AvgIpc) is 3.24. The Balaban J connectivity index is 1.51. The molecule has 1 N–H and O–H groups in total. The Kier molecular flexibility index (Phi) is 5.35. The monoisotopic (exact) mass is 397 g/mol. The molecule has 0 aliphatic heterocycles. The van der Waals surface area contributed by atoms with Gasteiger partial charge in [-0.1, -0.05) is 48.3 Å². The number of hydrogen-bond donors (Lipinski definition) is 1. The summed E-state index contributed by atoms with van der Waals surface area (Å²) in [7, 11) is 1.93. The first-order valence-corrected chi connectivity index (χ1v) is 10.8. The minimum absolute atomic E-state index is 0.0746. The highest BCUT2D eigenvalue weighted by atomic mass is 32.1. The quantitative estimate of drug-likeness (QED) is 0.707. The molecule has 1 fully saturated rings. The molecule has 2 aromatic heterocycles. The molecule has 0 radical (unpaired) electrons. The molecule has 4 rings (SSSR count). The van der Waals surface area contributed by atoms with Crippen LogP contribution in [-0.4, -0.2) is 40.3 Å². The summed E-state index contributed by atoms with van der Waals surface area (Å²) in [5.74, 6) is 0.0746. The predicted octanol–water partition coefficient (Wildman–Crippen LogP) is 3.98. The lowest BCUT2D eigenvalue weighted by atomic mass is 9.95. The molecule has 7 heteroatoms. The van der Waals surface area contributed by atoms with E-state index in [-0.39, 0.29) is 5.91 Å². The summed E-state index contributed by atoms with van der Waals surface area (Å²) in [4.78, 5) is 19.2. The Bertz CT molecular complexity index is 969. The minimum atomic E-state index is 0.0746. The molecule has 0 bridgehead atoms. The number of aromatic nitrogens is 3. The summed E-state index contributed by atoms with van der Waals surface area (Å²) in [6.07, 6.45) is 5.92. The Morgan fingerprint density at radius 3 is 2.64 bits per heavy atom. The number of rotatable bonds is 5. The molecule has 1 aliphatic carbocycles. The van der Waals surface area contributed by atoms with E-state index >= 15 is 0 Å². The van der Waals surface area contributed by atoms with Crippen LogP contribution in [0, 0.1) is 13.8 Å². The fourth-order valence-corrected chi connectivity index (χ4v) is 4.70. The number of anilines is 1. The van der Waals surface area contributed by atoms with Crippen LogP contribution >= 0.6 is 11.3 Å². The summed E-state index contributed by atoms with van der Waals surface area (Å²) in [5.41, 5.74) is 4.02. The number of amides is 1. The fraction of sp³-hybridized carbons (Fsp3) is 0.476. The Labute approximate surface area is 169 Å². The van der Waals surface area contributed by atoms with E-state index in [9.17, 15) is 4.79 Å². The van der Waals surface area contributed by atoms with Crippen molar-refractivity contribution < 1.29 is 4.79 Å². The van der Waals surface area contributed by atoms with E-state index in [0.717, 1.165) is 39.7 Å². The normalized spacial score (nSPS) is 15.1. The largest absolute Gasteiger partial charge is 0.352 e. The molecule has 1 aliphatic rings. The number of nitrogens with one attached hydrogen (secondary N) is 1. The third-order valence-corrected chi connectivity index (χ3v) is 6.60. The zero-order valence-corrected chi connectivity index (χ0v) is 17.6. The van der Waals surface area contributed by atoms with Crippen LogP contribution in [0.2, 0.25) is 0 Å². The zero-order chi connectivity index (χ0) is 19.7. The summed E-state index contributed by atoms with van der Waals surface area (Å²) in [5, 5.41) is 8.68. The molecule has 2 heterocycles. The molecule has 0 saturated heterocycles.